The fraction of sp³-hybridized carbons (Fsp3) is 0.667. The molecular formula is C12H17BrOS. The molecule has 0 aromatic carbocycles. The molecule has 0 saturated heterocycles. The highest BCUT2D eigenvalue weighted by atomic mass is 79.9. The van der Waals surface area contributed by atoms with Gasteiger partial charge < -0.3 is 5.11 Å². The van der Waals surface area contributed by atoms with Gasteiger partial charge in [-0.3, -0.25) is 0 Å². The lowest BCUT2D eigenvalue weighted by molar-refractivity contribution is -0.0307. The van der Waals surface area contributed by atoms with E-state index in [1.54, 1.807) is 11.3 Å². The number of hydrogen-bond donors (Lipinski definition) is 1. The van der Waals surface area contributed by atoms with Crippen molar-refractivity contribution in [1.29, 1.82) is 0 Å². The van der Waals surface area contributed by atoms with Crippen molar-refractivity contribution in [1.82, 2.24) is 0 Å². The number of thiophene rings is 1. The zero-order valence-corrected chi connectivity index (χ0v) is 11.6. The zero-order chi connectivity index (χ0) is 11.1. The topological polar surface area (TPSA) is 20.2 Å². The third kappa shape index (κ3) is 2.29. The maximum atomic E-state index is 10.6. The van der Waals surface area contributed by atoms with Gasteiger partial charge in [-0.1, -0.05) is 13.8 Å². The second kappa shape index (κ2) is 3.86. The van der Waals surface area contributed by atoms with Gasteiger partial charge in [0.2, 0.25) is 0 Å². The maximum Gasteiger partial charge on any atom is 0.0915 e. The standard InChI is InChI=1S/C12H17BrOS/c1-11(2)3-5-12(14,6-4-11)9-7-15-8-10(9)13/h7-8,14H,3-6H2,1-2H3. The first-order chi connectivity index (χ1) is 6.93. The molecule has 0 spiro atoms. The molecule has 1 fully saturated rings. The van der Waals surface area contributed by atoms with Crippen LogP contribution in [0.25, 0.3) is 0 Å². The van der Waals surface area contributed by atoms with Crippen molar-refractivity contribution in [3.05, 3.63) is 20.8 Å². The Bertz CT molecular complexity index is 346. The summed E-state index contributed by atoms with van der Waals surface area (Å²) in [7, 11) is 0. The average Bonchev–Trinajstić information content (AvgIpc) is 2.58. The Hall–Kier alpha value is 0.140. The molecule has 0 unspecified atom stereocenters. The summed E-state index contributed by atoms with van der Waals surface area (Å²) in [5, 5.41) is 14.7. The van der Waals surface area contributed by atoms with Crippen molar-refractivity contribution < 1.29 is 5.11 Å². The fourth-order valence-electron chi connectivity index (χ4n) is 2.22. The summed E-state index contributed by atoms with van der Waals surface area (Å²) < 4.78 is 1.06. The van der Waals surface area contributed by atoms with Crippen LogP contribution in [0.2, 0.25) is 0 Å². The van der Waals surface area contributed by atoms with Gasteiger partial charge in [0.05, 0.1) is 5.60 Å². The van der Waals surface area contributed by atoms with Crippen LogP contribution in [0.3, 0.4) is 0 Å². The van der Waals surface area contributed by atoms with Gasteiger partial charge in [-0.05, 0) is 52.4 Å². The molecule has 1 aromatic heterocycles. The van der Waals surface area contributed by atoms with Gasteiger partial charge in [0.15, 0.2) is 0 Å². The zero-order valence-electron chi connectivity index (χ0n) is 9.22. The summed E-state index contributed by atoms with van der Waals surface area (Å²) >= 11 is 5.17. The Morgan fingerprint density at radius 1 is 1.20 bits per heavy atom. The monoisotopic (exact) mass is 288 g/mol. The number of rotatable bonds is 1. The lowest BCUT2D eigenvalue weighted by Gasteiger charge is -2.40. The van der Waals surface area contributed by atoms with Crippen molar-refractivity contribution in [3.8, 4) is 0 Å². The lowest BCUT2D eigenvalue weighted by Crippen LogP contribution is -2.34. The van der Waals surface area contributed by atoms with Gasteiger partial charge in [0, 0.05) is 15.4 Å². The van der Waals surface area contributed by atoms with Crippen LogP contribution in [-0.2, 0) is 5.60 Å². The second-order valence-corrected chi connectivity index (χ2v) is 6.93. The first kappa shape index (κ1) is 11.6. The van der Waals surface area contributed by atoms with E-state index in [4.69, 9.17) is 0 Å². The van der Waals surface area contributed by atoms with Crippen molar-refractivity contribution >= 4 is 27.3 Å². The molecule has 0 bridgehead atoms. The van der Waals surface area contributed by atoms with Gasteiger partial charge in [-0.15, -0.1) is 0 Å². The molecule has 84 valence electrons. The molecule has 1 aliphatic carbocycles. The van der Waals surface area contributed by atoms with Crippen LogP contribution >= 0.6 is 27.3 Å². The number of hydrogen-bond acceptors (Lipinski definition) is 2. The molecule has 15 heavy (non-hydrogen) atoms. The maximum absolute atomic E-state index is 10.6. The molecule has 1 heterocycles. The van der Waals surface area contributed by atoms with E-state index >= 15 is 0 Å². The Morgan fingerprint density at radius 2 is 1.80 bits per heavy atom. The van der Waals surface area contributed by atoms with Crippen LogP contribution < -0.4 is 0 Å². The van der Waals surface area contributed by atoms with Gasteiger partial charge in [0.25, 0.3) is 0 Å². The van der Waals surface area contributed by atoms with Crippen molar-refractivity contribution in [2.45, 2.75) is 45.1 Å². The molecule has 1 saturated carbocycles. The van der Waals surface area contributed by atoms with E-state index < -0.39 is 5.60 Å². The highest BCUT2D eigenvalue weighted by molar-refractivity contribution is 9.10. The minimum absolute atomic E-state index is 0.398. The Labute approximate surface area is 104 Å². The number of aliphatic hydroxyl groups is 1. The minimum Gasteiger partial charge on any atom is -0.385 e. The van der Waals surface area contributed by atoms with E-state index in [1.165, 1.54) is 0 Å². The second-order valence-electron chi connectivity index (χ2n) is 5.33. The third-order valence-corrected chi connectivity index (χ3v) is 5.25. The smallest absolute Gasteiger partial charge is 0.0915 e. The molecule has 0 atom stereocenters. The van der Waals surface area contributed by atoms with Crippen molar-refractivity contribution in [3.63, 3.8) is 0 Å². The lowest BCUT2D eigenvalue weighted by atomic mass is 9.69. The van der Waals surface area contributed by atoms with Gasteiger partial charge in [-0.2, -0.15) is 11.3 Å². The molecule has 3 heteroatoms. The summed E-state index contributed by atoms with van der Waals surface area (Å²) in [6, 6.07) is 0. The predicted octanol–water partition coefficient (Wildman–Crippen LogP) is 4.30. The van der Waals surface area contributed by atoms with Gasteiger partial charge >= 0.3 is 0 Å². The van der Waals surface area contributed by atoms with E-state index in [9.17, 15) is 5.11 Å². The largest absolute Gasteiger partial charge is 0.385 e. The molecule has 0 radical (unpaired) electrons. The first-order valence-electron chi connectivity index (χ1n) is 5.38. The summed E-state index contributed by atoms with van der Waals surface area (Å²) in [6.45, 7) is 4.57. The van der Waals surface area contributed by atoms with Crippen molar-refractivity contribution in [2.75, 3.05) is 0 Å². The van der Waals surface area contributed by atoms with Crippen LogP contribution in [0, 0.1) is 5.41 Å². The third-order valence-electron chi connectivity index (χ3n) is 3.55. The van der Waals surface area contributed by atoms with Crippen molar-refractivity contribution in [2.24, 2.45) is 5.41 Å². The summed E-state index contributed by atoms with van der Waals surface area (Å²) in [5.74, 6) is 0. The highest BCUT2D eigenvalue weighted by Crippen LogP contribution is 2.47. The quantitative estimate of drug-likeness (QED) is 0.817. The van der Waals surface area contributed by atoms with Crippen LogP contribution in [-0.4, -0.2) is 5.11 Å². The molecular weight excluding hydrogens is 272 g/mol. The molecule has 2 rings (SSSR count). The highest BCUT2D eigenvalue weighted by Gasteiger charge is 2.39. The first-order valence-corrected chi connectivity index (χ1v) is 7.11. The number of halogens is 1. The van der Waals surface area contributed by atoms with E-state index in [1.807, 2.05) is 5.38 Å². The van der Waals surface area contributed by atoms with E-state index in [0.717, 1.165) is 35.7 Å². The Morgan fingerprint density at radius 3 is 2.27 bits per heavy atom. The molecule has 0 amide bonds. The van der Waals surface area contributed by atoms with Crippen LogP contribution in [0.5, 0.6) is 0 Å². The Kier molecular flexibility index (Phi) is 2.99. The fourth-order valence-corrected chi connectivity index (χ4v) is 3.98. The van der Waals surface area contributed by atoms with Gasteiger partial charge in [-0.25, -0.2) is 0 Å². The molecule has 1 nitrogen and oxygen atoms in total. The average molecular weight is 289 g/mol. The van der Waals surface area contributed by atoms with Crippen LogP contribution in [0.4, 0.5) is 0 Å². The normalized spacial score (nSPS) is 24.0. The predicted molar refractivity (Wildman–Crippen MR) is 68.2 cm³/mol. The minimum atomic E-state index is -0.589. The van der Waals surface area contributed by atoms with Crippen LogP contribution in [0.1, 0.15) is 45.1 Å². The van der Waals surface area contributed by atoms with E-state index in [0.29, 0.717) is 5.41 Å². The van der Waals surface area contributed by atoms with E-state index in [-0.39, 0.29) is 0 Å². The molecule has 1 N–H and O–H groups in total. The molecule has 1 aliphatic rings. The SMILES string of the molecule is CC1(C)CCC(O)(c2cscc2Br)CC1. The van der Waals surface area contributed by atoms with E-state index in [2.05, 4.69) is 35.2 Å². The summed E-state index contributed by atoms with van der Waals surface area (Å²) in [5.41, 5.74) is 0.895. The summed E-state index contributed by atoms with van der Waals surface area (Å²) in [4.78, 5) is 0. The van der Waals surface area contributed by atoms with Crippen LogP contribution in [0.15, 0.2) is 15.2 Å². The summed E-state index contributed by atoms with van der Waals surface area (Å²) in [6.07, 6.45) is 3.97. The molecule has 1 aromatic rings. The Balaban J connectivity index is 2.20. The molecule has 0 aliphatic heterocycles. The van der Waals surface area contributed by atoms with Gasteiger partial charge in [0.1, 0.15) is 0 Å².